The average Bonchev–Trinajstić information content (AvgIpc) is 3.37. The first kappa shape index (κ1) is 20.3. The Labute approximate surface area is 181 Å². The molecule has 0 radical (unpaired) electrons. The topological polar surface area (TPSA) is 88.9 Å². The molecule has 2 aromatic heterocycles. The third-order valence-corrected chi connectivity index (χ3v) is 6.62. The molecule has 2 aliphatic heterocycles. The van der Waals surface area contributed by atoms with Crippen LogP contribution in [0.3, 0.4) is 0 Å². The van der Waals surface area contributed by atoms with Crippen LogP contribution in [0.5, 0.6) is 0 Å². The van der Waals surface area contributed by atoms with Gasteiger partial charge in [-0.15, -0.1) is 5.10 Å². The van der Waals surface area contributed by atoms with E-state index in [0.717, 1.165) is 67.7 Å². The Morgan fingerprint density at radius 1 is 1.19 bits per heavy atom. The number of likely N-dealkylation sites (tertiary alicyclic amines) is 1. The second kappa shape index (κ2) is 8.88. The van der Waals surface area contributed by atoms with Crippen molar-refractivity contribution in [2.45, 2.75) is 64.1 Å². The summed E-state index contributed by atoms with van der Waals surface area (Å²) in [5.74, 6) is 0.731. The fourth-order valence-electron chi connectivity index (χ4n) is 4.97. The maximum Gasteiger partial charge on any atom is 0.253 e. The lowest BCUT2D eigenvalue weighted by Gasteiger charge is -2.30. The number of nitrogens with zero attached hydrogens (tertiary/aromatic N) is 5. The van der Waals surface area contributed by atoms with Gasteiger partial charge < -0.3 is 9.72 Å². The second-order valence-electron chi connectivity index (χ2n) is 8.80. The normalized spacial score (nSPS) is 21.4. The van der Waals surface area contributed by atoms with E-state index in [0.29, 0.717) is 12.1 Å². The summed E-state index contributed by atoms with van der Waals surface area (Å²) >= 11 is 0. The molecular weight excluding hydrogens is 392 g/mol. The first-order valence-corrected chi connectivity index (χ1v) is 11.4. The average molecular weight is 423 g/mol. The molecule has 3 aromatic rings. The second-order valence-corrected chi connectivity index (χ2v) is 8.80. The molecule has 0 saturated carbocycles. The van der Waals surface area contributed by atoms with Crippen LogP contribution in [0.2, 0.25) is 0 Å². The first-order valence-electron chi connectivity index (χ1n) is 11.4. The summed E-state index contributed by atoms with van der Waals surface area (Å²) in [6.07, 6.45) is 6.90. The molecule has 2 saturated heterocycles. The van der Waals surface area contributed by atoms with E-state index in [1.807, 2.05) is 29.8 Å². The van der Waals surface area contributed by atoms with E-state index in [1.165, 1.54) is 12.8 Å². The number of nitrogens with one attached hydrogen (secondary N) is 1. The number of pyridine rings is 1. The van der Waals surface area contributed by atoms with Gasteiger partial charge in [0.15, 0.2) is 5.82 Å². The van der Waals surface area contributed by atoms with Crippen LogP contribution in [-0.4, -0.2) is 55.9 Å². The summed E-state index contributed by atoms with van der Waals surface area (Å²) in [7, 11) is 0. The molecule has 0 aliphatic carbocycles. The molecule has 2 unspecified atom stereocenters. The smallest absolute Gasteiger partial charge is 0.253 e. The predicted octanol–water partition coefficient (Wildman–Crippen LogP) is 2.97. The Kier molecular flexibility index (Phi) is 5.82. The van der Waals surface area contributed by atoms with E-state index in [-0.39, 0.29) is 17.7 Å². The Hall–Kier alpha value is -2.58. The van der Waals surface area contributed by atoms with Crippen molar-refractivity contribution in [1.82, 2.24) is 30.1 Å². The van der Waals surface area contributed by atoms with Crippen LogP contribution in [0.4, 0.5) is 0 Å². The Bertz CT molecular complexity index is 1090. The van der Waals surface area contributed by atoms with Crippen molar-refractivity contribution in [2.75, 3.05) is 19.7 Å². The number of benzene rings is 1. The van der Waals surface area contributed by atoms with Gasteiger partial charge in [-0.1, -0.05) is 31.0 Å². The number of ether oxygens (including phenoxy) is 1. The zero-order chi connectivity index (χ0) is 21.2. The molecule has 1 N–H and O–H groups in total. The van der Waals surface area contributed by atoms with Crippen LogP contribution in [0.15, 0.2) is 29.1 Å². The van der Waals surface area contributed by atoms with Gasteiger partial charge in [-0.3, -0.25) is 9.69 Å². The highest BCUT2D eigenvalue weighted by atomic mass is 16.5. The highest BCUT2D eigenvalue weighted by Gasteiger charge is 2.32. The van der Waals surface area contributed by atoms with E-state index in [9.17, 15) is 4.79 Å². The molecule has 1 aromatic carbocycles. The number of hydrogen-bond donors (Lipinski definition) is 1. The minimum atomic E-state index is -0.275. The molecule has 2 fully saturated rings. The minimum Gasteiger partial charge on any atom is -0.376 e. The summed E-state index contributed by atoms with van der Waals surface area (Å²) in [6.45, 7) is 5.30. The lowest BCUT2D eigenvalue weighted by molar-refractivity contribution is 0.0909. The number of hydrogen-bond acceptors (Lipinski definition) is 6. The van der Waals surface area contributed by atoms with Crippen molar-refractivity contribution in [3.05, 3.63) is 51.6 Å². The Morgan fingerprint density at radius 2 is 2.03 bits per heavy atom. The van der Waals surface area contributed by atoms with Crippen molar-refractivity contribution < 1.29 is 4.74 Å². The molecule has 164 valence electrons. The first-order chi connectivity index (χ1) is 15.2. The highest BCUT2D eigenvalue weighted by Crippen LogP contribution is 2.30. The van der Waals surface area contributed by atoms with Gasteiger partial charge in [-0.2, -0.15) is 0 Å². The lowest BCUT2D eigenvalue weighted by Crippen LogP contribution is -2.36. The van der Waals surface area contributed by atoms with Crippen LogP contribution in [0, 0.1) is 6.92 Å². The summed E-state index contributed by atoms with van der Waals surface area (Å²) in [5.41, 5.74) is 2.60. The van der Waals surface area contributed by atoms with Gasteiger partial charge in [0.05, 0.1) is 18.2 Å². The lowest BCUT2D eigenvalue weighted by atomic mass is 10.0. The zero-order valence-corrected chi connectivity index (χ0v) is 18.1. The minimum absolute atomic E-state index is 0.0669. The van der Waals surface area contributed by atoms with Gasteiger partial charge in [-0.25, -0.2) is 4.68 Å². The fourth-order valence-corrected chi connectivity index (χ4v) is 4.97. The number of rotatable bonds is 5. The molecule has 31 heavy (non-hydrogen) atoms. The summed E-state index contributed by atoms with van der Waals surface area (Å²) in [4.78, 5) is 18.8. The SMILES string of the molecule is Cc1cccc2cc(C(c3nnnn3CC3CCCO3)N3CCCCCC3)c(=O)[nH]c12. The third-order valence-electron chi connectivity index (χ3n) is 6.62. The maximum absolute atomic E-state index is 13.3. The largest absolute Gasteiger partial charge is 0.376 e. The maximum atomic E-state index is 13.3. The molecule has 4 heterocycles. The number of aromatic nitrogens is 5. The molecule has 0 bridgehead atoms. The van der Waals surface area contributed by atoms with Crippen molar-refractivity contribution in [3.8, 4) is 0 Å². The third kappa shape index (κ3) is 4.14. The fraction of sp³-hybridized carbons (Fsp3) is 0.565. The molecule has 2 atom stereocenters. The van der Waals surface area contributed by atoms with Gasteiger partial charge in [0.2, 0.25) is 0 Å². The molecular formula is C23H30N6O2. The van der Waals surface area contributed by atoms with E-state index < -0.39 is 0 Å². The van der Waals surface area contributed by atoms with Gasteiger partial charge in [-0.05, 0) is 73.1 Å². The summed E-state index contributed by atoms with van der Waals surface area (Å²) in [6, 6.07) is 7.86. The van der Waals surface area contributed by atoms with Crippen molar-refractivity contribution in [2.24, 2.45) is 0 Å². The van der Waals surface area contributed by atoms with Crippen LogP contribution >= 0.6 is 0 Å². The highest BCUT2D eigenvalue weighted by molar-refractivity contribution is 5.82. The molecule has 5 rings (SSSR count). The number of para-hydroxylation sites is 1. The van der Waals surface area contributed by atoms with Gasteiger partial charge in [0.25, 0.3) is 5.56 Å². The van der Waals surface area contributed by atoms with Crippen molar-refractivity contribution >= 4 is 10.9 Å². The number of tetrazole rings is 1. The molecule has 0 amide bonds. The van der Waals surface area contributed by atoms with Crippen LogP contribution < -0.4 is 5.56 Å². The number of fused-ring (bicyclic) bond motifs is 1. The standard InChI is InChI=1S/C23H30N6O2/c1-16-8-6-9-17-14-19(23(30)24-20(16)17)21(28-11-4-2-3-5-12-28)22-25-26-27-29(22)15-18-10-7-13-31-18/h6,8-9,14,18,21H,2-5,7,10-13,15H2,1H3,(H,24,30). The van der Waals surface area contributed by atoms with Gasteiger partial charge in [0, 0.05) is 12.2 Å². The van der Waals surface area contributed by atoms with E-state index in [4.69, 9.17) is 4.74 Å². The predicted molar refractivity (Wildman–Crippen MR) is 118 cm³/mol. The quantitative estimate of drug-likeness (QED) is 0.680. The Morgan fingerprint density at radius 3 is 2.81 bits per heavy atom. The molecule has 8 nitrogen and oxygen atoms in total. The monoisotopic (exact) mass is 422 g/mol. The van der Waals surface area contributed by atoms with Crippen molar-refractivity contribution in [3.63, 3.8) is 0 Å². The summed E-state index contributed by atoms with van der Waals surface area (Å²) < 4.78 is 7.68. The van der Waals surface area contributed by atoms with E-state index >= 15 is 0 Å². The molecule has 0 spiro atoms. The zero-order valence-electron chi connectivity index (χ0n) is 18.1. The van der Waals surface area contributed by atoms with E-state index in [2.05, 4.69) is 31.5 Å². The number of aryl methyl sites for hydroxylation is 1. The molecule has 8 heteroatoms. The van der Waals surface area contributed by atoms with Crippen LogP contribution in [-0.2, 0) is 11.3 Å². The van der Waals surface area contributed by atoms with Gasteiger partial charge >= 0.3 is 0 Å². The Balaban J connectivity index is 1.60. The number of H-pyrrole nitrogens is 1. The number of aromatic amines is 1. The van der Waals surface area contributed by atoms with Crippen LogP contribution in [0.1, 0.15) is 61.5 Å². The summed E-state index contributed by atoms with van der Waals surface area (Å²) in [5, 5.41) is 13.8. The van der Waals surface area contributed by atoms with E-state index in [1.54, 1.807) is 0 Å². The van der Waals surface area contributed by atoms with Crippen molar-refractivity contribution in [1.29, 1.82) is 0 Å². The molecule has 2 aliphatic rings. The van der Waals surface area contributed by atoms with Crippen LogP contribution in [0.25, 0.3) is 10.9 Å². The van der Waals surface area contributed by atoms with Gasteiger partial charge in [0.1, 0.15) is 6.04 Å².